The van der Waals surface area contributed by atoms with E-state index in [2.05, 4.69) is 53.4 Å². The molecule has 0 spiro atoms. The molecule has 0 aromatic heterocycles. The minimum absolute atomic E-state index is 0.00392. The summed E-state index contributed by atoms with van der Waals surface area (Å²) < 4.78 is 0. The fourth-order valence-corrected chi connectivity index (χ4v) is 12.0. The molecule has 0 radical (unpaired) electrons. The fourth-order valence-electron chi connectivity index (χ4n) is 12.0. The Kier molecular flexibility index (Phi) is 6.18. The molecule has 1 N–H and O–H groups in total. The number of carbonyl (C=O) groups is 1. The van der Waals surface area contributed by atoms with Gasteiger partial charge < -0.3 is 10.0 Å². The van der Waals surface area contributed by atoms with Crippen LogP contribution in [0.1, 0.15) is 138 Å². The first kappa shape index (κ1) is 27.3. The molecule has 6 aliphatic rings. The van der Waals surface area contributed by atoms with Crippen molar-refractivity contribution in [3.63, 3.8) is 0 Å². The van der Waals surface area contributed by atoms with Crippen molar-refractivity contribution in [2.75, 3.05) is 13.1 Å². The molecule has 3 heteroatoms. The van der Waals surface area contributed by atoms with Crippen molar-refractivity contribution >= 4 is 5.91 Å². The second kappa shape index (κ2) is 8.59. The Labute approximate surface area is 233 Å². The van der Waals surface area contributed by atoms with E-state index in [1.165, 1.54) is 64.2 Å². The van der Waals surface area contributed by atoms with Gasteiger partial charge in [-0.1, -0.05) is 59.6 Å². The maximum absolute atomic E-state index is 14.5. The number of allylic oxidation sites excluding steroid dienone is 1. The van der Waals surface area contributed by atoms with Crippen molar-refractivity contribution in [3.8, 4) is 0 Å². The quantitative estimate of drug-likeness (QED) is 0.351. The van der Waals surface area contributed by atoms with Crippen molar-refractivity contribution in [1.29, 1.82) is 0 Å². The van der Waals surface area contributed by atoms with Crippen molar-refractivity contribution in [1.82, 2.24) is 4.90 Å². The molecule has 5 aliphatic carbocycles. The number of hydrogen-bond donors (Lipinski definition) is 1. The SMILES string of the molecule is CC1(C)CC[C@]2(C(=O)N3CCCCC3)CC[C@]3(C)C(=C2C1)CC[C@@H]1[C@@]2(C)CC[C@H](O)C(C)(C)[C@@H]2CC[C@]13C. The lowest BCUT2D eigenvalue weighted by molar-refractivity contribution is -0.205. The summed E-state index contributed by atoms with van der Waals surface area (Å²) in [7, 11) is 0. The Morgan fingerprint density at radius 2 is 1.45 bits per heavy atom. The molecule has 0 unspecified atom stereocenters. The van der Waals surface area contributed by atoms with Gasteiger partial charge in [-0.25, -0.2) is 0 Å². The predicted molar refractivity (Wildman–Crippen MR) is 156 cm³/mol. The molecule has 4 saturated carbocycles. The number of fused-ring (bicyclic) bond motifs is 6. The maximum Gasteiger partial charge on any atom is 0.232 e. The minimum Gasteiger partial charge on any atom is -0.393 e. The lowest BCUT2D eigenvalue weighted by Crippen LogP contribution is -2.64. The molecule has 38 heavy (non-hydrogen) atoms. The van der Waals surface area contributed by atoms with Crippen molar-refractivity contribution in [3.05, 3.63) is 11.1 Å². The highest BCUT2D eigenvalue weighted by molar-refractivity contribution is 5.87. The normalized spacial score (nSPS) is 47.9. The molecular weight excluding hydrogens is 466 g/mol. The molecule has 1 saturated heterocycles. The second-order valence-corrected chi connectivity index (χ2v) is 17.0. The molecule has 0 bridgehead atoms. The lowest BCUT2D eigenvalue weighted by Gasteiger charge is -2.71. The van der Waals surface area contributed by atoms with Crippen LogP contribution in [0, 0.1) is 44.3 Å². The van der Waals surface area contributed by atoms with Gasteiger partial charge in [0, 0.05) is 13.1 Å². The number of carbonyl (C=O) groups excluding carboxylic acids is 1. The molecule has 1 aliphatic heterocycles. The van der Waals surface area contributed by atoms with Gasteiger partial charge in [0.1, 0.15) is 0 Å². The molecular formula is C35H57NO2. The number of aliphatic hydroxyl groups excluding tert-OH is 1. The highest BCUT2D eigenvalue weighted by Gasteiger charge is 2.68. The lowest BCUT2D eigenvalue weighted by atomic mass is 9.34. The van der Waals surface area contributed by atoms with Crippen LogP contribution in [0.15, 0.2) is 11.1 Å². The van der Waals surface area contributed by atoms with E-state index >= 15 is 0 Å². The van der Waals surface area contributed by atoms with Gasteiger partial charge >= 0.3 is 0 Å². The third-order valence-corrected chi connectivity index (χ3v) is 14.6. The van der Waals surface area contributed by atoms with Gasteiger partial charge in [0.15, 0.2) is 0 Å². The third kappa shape index (κ3) is 3.51. The average Bonchev–Trinajstić information content (AvgIpc) is 2.87. The Hall–Kier alpha value is -0.830. The third-order valence-electron chi connectivity index (χ3n) is 14.6. The summed E-state index contributed by atoms with van der Waals surface area (Å²) >= 11 is 0. The van der Waals surface area contributed by atoms with E-state index < -0.39 is 0 Å². The first-order valence-corrected chi connectivity index (χ1v) is 16.4. The van der Waals surface area contributed by atoms with Crippen molar-refractivity contribution in [2.45, 2.75) is 144 Å². The largest absolute Gasteiger partial charge is 0.393 e. The average molecular weight is 524 g/mol. The second-order valence-electron chi connectivity index (χ2n) is 17.0. The number of nitrogens with zero attached hydrogens (tertiary/aromatic N) is 1. The van der Waals surface area contributed by atoms with Crippen molar-refractivity contribution < 1.29 is 9.90 Å². The first-order valence-electron chi connectivity index (χ1n) is 16.4. The number of likely N-dealkylation sites (tertiary alicyclic amines) is 1. The van der Waals surface area contributed by atoms with Crippen LogP contribution in [0.25, 0.3) is 0 Å². The van der Waals surface area contributed by atoms with Gasteiger partial charge in [-0.3, -0.25) is 4.79 Å². The highest BCUT2D eigenvalue weighted by Crippen LogP contribution is 2.75. The van der Waals surface area contributed by atoms with Crippen molar-refractivity contribution in [2.24, 2.45) is 44.3 Å². The van der Waals surface area contributed by atoms with E-state index in [4.69, 9.17) is 0 Å². The minimum atomic E-state index is -0.219. The molecule has 3 nitrogen and oxygen atoms in total. The van der Waals surface area contributed by atoms with Gasteiger partial charge in [0.25, 0.3) is 0 Å². The van der Waals surface area contributed by atoms with Gasteiger partial charge in [-0.05, 0) is 129 Å². The summed E-state index contributed by atoms with van der Waals surface area (Å²) in [6.07, 6.45) is 16.2. The number of amides is 1. The summed E-state index contributed by atoms with van der Waals surface area (Å²) in [5.74, 6) is 1.81. The predicted octanol–water partition coefficient (Wildman–Crippen LogP) is 8.31. The molecule has 6 rings (SSSR count). The highest BCUT2D eigenvalue weighted by atomic mass is 16.3. The molecule has 214 valence electrons. The fraction of sp³-hybridized carbons (Fsp3) is 0.914. The van der Waals surface area contributed by atoms with Crippen LogP contribution in [0.4, 0.5) is 0 Å². The van der Waals surface area contributed by atoms with E-state index in [1.807, 2.05) is 0 Å². The number of hydrogen-bond acceptors (Lipinski definition) is 2. The smallest absolute Gasteiger partial charge is 0.232 e. The summed E-state index contributed by atoms with van der Waals surface area (Å²) in [5, 5.41) is 11.0. The molecule has 5 fully saturated rings. The number of piperidine rings is 1. The number of aliphatic hydroxyl groups is 1. The molecule has 7 atom stereocenters. The first-order chi connectivity index (χ1) is 17.7. The van der Waals surface area contributed by atoms with E-state index in [9.17, 15) is 9.90 Å². The standard InChI is InChI=1S/C35H57NO2/c1-30(2)17-19-35(29(38)36-21-9-8-10-22-36)20-18-33(6)24(25(35)23-30)11-12-27-32(5)15-14-28(37)31(3,4)26(32)13-16-34(27,33)7/h26-28,37H,8-23H2,1-7H3/t26-,27+,28-,32-,33+,34+,35-/m0/s1. The van der Waals surface area contributed by atoms with Gasteiger partial charge in [0.05, 0.1) is 11.5 Å². The van der Waals surface area contributed by atoms with Gasteiger partial charge in [-0.15, -0.1) is 0 Å². The van der Waals surface area contributed by atoms with E-state index in [0.29, 0.717) is 23.2 Å². The Bertz CT molecular complexity index is 1020. The van der Waals surface area contributed by atoms with Crippen LogP contribution in [-0.4, -0.2) is 35.1 Å². The summed E-state index contributed by atoms with van der Waals surface area (Å²) in [4.78, 5) is 16.7. The van der Waals surface area contributed by atoms with Crippen LogP contribution < -0.4 is 0 Å². The topological polar surface area (TPSA) is 40.5 Å². The van der Waals surface area contributed by atoms with Gasteiger partial charge in [0.2, 0.25) is 5.91 Å². The van der Waals surface area contributed by atoms with Gasteiger partial charge in [-0.2, -0.15) is 0 Å². The monoisotopic (exact) mass is 523 g/mol. The van der Waals surface area contributed by atoms with E-state index in [-0.39, 0.29) is 33.2 Å². The van der Waals surface area contributed by atoms with Crippen LogP contribution in [-0.2, 0) is 4.79 Å². The summed E-state index contributed by atoms with van der Waals surface area (Å²) in [6, 6.07) is 0. The Morgan fingerprint density at radius 1 is 0.763 bits per heavy atom. The zero-order valence-electron chi connectivity index (χ0n) is 25.8. The zero-order chi connectivity index (χ0) is 27.4. The van der Waals surface area contributed by atoms with Crippen LogP contribution in [0.5, 0.6) is 0 Å². The molecule has 1 heterocycles. The maximum atomic E-state index is 14.5. The van der Waals surface area contributed by atoms with Crippen LogP contribution in [0.2, 0.25) is 0 Å². The molecule has 0 aromatic rings. The summed E-state index contributed by atoms with van der Waals surface area (Å²) in [6.45, 7) is 19.5. The van der Waals surface area contributed by atoms with E-state index in [1.54, 1.807) is 11.1 Å². The zero-order valence-corrected chi connectivity index (χ0v) is 25.8. The number of rotatable bonds is 1. The molecule has 1 amide bonds. The Morgan fingerprint density at radius 3 is 2.16 bits per heavy atom. The van der Waals surface area contributed by atoms with E-state index in [0.717, 1.165) is 38.8 Å². The summed E-state index contributed by atoms with van der Waals surface area (Å²) in [5.41, 5.74) is 4.20. The van der Waals surface area contributed by atoms with Crippen LogP contribution >= 0.6 is 0 Å². The Balaban J connectivity index is 1.43. The van der Waals surface area contributed by atoms with Crippen LogP contribution in [0.3, 0.4) is 0 Å². The molecule has 0 aromatic carbocycles.